The molecule has 0 radical (unpaired) electrons. The highest BCUT2D eigenvalue weighted by atomic mass is 32.2. The van der Waals surface area contributed by atoms with Crippen LogP contribution < -0.4 is 15.4 Å². The van der Waals surface area contributed by atoms with E-state index in [9.17, 15) is 13.2 Å². The number of hydrogen-bond donors (Lipinski definition) is 2. The summed E-state index contributed by atoms with van der Waals surface area (Å²) >= 11 is 1.47. The van der Waals surface area contributed by atoms with E-state index in [-0.39, 0.29) is 18.0 Å². The fourth-order valence-electron chi connectivity index (χ4n) is 3.06. The van der Waals surface area contributed by atoms with E-state index in [1.807, 2.05) is 18.4 Å². The number of aryl methyl sites for hydroxylation is 1. The van der Waals surface area contributed by atoms with E-state index in [1.54, 1.807) is 50.4 Å². The second-order valence-electron chi connectivity index (χ2n) is 7.00. The fraction of sp³-hybridized carbons (Fsp3) is 0.273. The predicted molar refractivity (Wildman–Crippen MR) is 128 cm³/mol. The van der Waals surface area contributed by atoms with E-state index >= 15 is 0 Å². The number of amides is 1. The maximum absolute atomic E-state index is 13.0. The van der Waals surface area contributed by atoms with E-state index in [0.29, 0.717) is 11.4 Å². The number of carbonyl (C=O) groups excluding carboxylic acids is 1. The van der Waals surface area contributed by atoms with Gasteiger partial charge in [-0.15, -0.1) is 11.3 Å². The van der Waals surface area contributed by atoms with E-state index in [1.165, 1.54) is 18.4 Å². The minimum atomic E-state index is -3.80. The third kappa shape index (κ3) is 5.26. The highest BCUT2D eigenvalue weighted by molar-refractivity contribution is 7.89. The number of anilines is 2. The molecule has 1 aromatic heterocycles. The quantitative estimate of drug-likeness (QED) is 0.489. The van der Waals surface area contributed by atoms with Crippen LogP contribution in [-0.2, 0) is 14.8 Å². The Morgan fingerprint density at radius 3 is 2.50 bits per heavy atom. The van der Waals surface area contributed by atoms with Crippen molar-refractivity contribution in [2.75, 3.05) is 37.9 Å². The summed E-state index contributed by atoms with van der Waals surface area (Å²) < 4.78 is 32.4. The van der Waals surface area contributed by atoms with Gasteiger partial charge in [0, 0.05) is 24.5 Å². The molecule has 0 atom stereocenters. The van der Waals surface area contributed by atoms with Crippen molar-refractivity contribution >= 4 is 38.1 Å². The van der Waals surface area contributed by atoms with Crippen LogP contribution in [0, 0.1) is 6.92 Å². The summed E-state index contributed by atoms with van der Waals surface area (Å²) in [6, 6.07) is 11.9. The Hall–Kier alpha value is -2.95. The second-order valence-corrected chi connectivity index (χ2v) is 9.79. The van der Waals surface area contributed by atoms with E-state index in [0.717, 1.165) is 26.3 Å². The Morgan fingerprint density at radius 1 is 1.19 bits per heavy atom. The van der Waals surface area contributed by atoms with Crippen LogP contribution in [0.5, 0.6) is 5.75 Å². The highest BCUT2D eigenvalue weighted by Crippen LogP contribution is 2.32. The molecule has 1 heterocycles. The molecule has 2 aromatic carbocycles. The molecule has 3 aromatic rings. The number of likely N-dealkylation sites (N-methyl/N-ethyl adjacent to an activating group) is 1. The molecule has 32 heavy (non-hydrogen) atoms. The molecule has 2 N–H and O–H groups in total. The van der Waals surface area contributed by atoms with Crippen LogP contribution in [0.3, 0.4) is 0 Å². The molecule has 0 bridgehead atoms. The van der Waals surface area contributed by atoms with Gasteiger partial charge in [0.05, 0.1) is 29.9 Å². The summed E-state index contributed by atoms with van der Waals surface area (Å²) in [5.74, 6) is 0.00258. The number of hydrogen-bond acceptors (Lipinski definition) is 7. The van der Waals surface area contributed by atoms with Gasteiger partial charge in [-0.05, 0) is 37.3 Å². The zero-order valence-corrected chi connectivity index (χ0v) is 20.0. The lowest BCUT2D eigenvalue weighted by Crippen LogP contribution is -2.37. The van der Waals surface area contributed by atoms with Crippen LogP contribution >= 0.6 is 11.3 Å². The standard InChI is InChI=1S/C22H26N4O4S2/c1-5-26(32(28,29)17-9-6-15(2)7-10-17)13-21(27)24-18-12-16(8-11-20(18)30-4)19-14-31-22(23-3)25-19/h6-12,14H,5,13H2,1-4H3,(H,23,25)(H,24,27). The number of ether oxygens (including phenoxy) is 1. The maximum Gasteiger partial charge on any atom is 0.243 e. The van der Waals surface area contributed by atoms with Gasteiger partial charge < -0.3 is 15.4 Å². The van der Waals surface area contributed by atoms with Gasteiger partial charge in [-0.1, -0.05) is 24.6 Å². The Morgan fingerprint density at radius 2 is 1.91 bits per heavy atom. The zero-order chi connectivity index (χ0) is 23.3. The SMILES string of the molecule is CCN(CC(=O)Nc1cc(-c2csc(NC)n2)ccc1OC)S(=O)(=O)c1ccc(C)cc1. The summed E-state index contributed by atoms with van der Waals surface area (Å²) in [4.78, 5) is 17.4. The van der Waals surface area contributed by atoms with E-state index < -0.39 is 15.9 Å². The minimum absolute atomic E-state index is 0.154. The molecule has 170 valence electrons. The number of rotatable bonds is 9. The number of benzene rings is 2. The summed E-state index contributed by atoms with van der Waals surface area (Å²) in [5.41, 5.74) is 2.96. The Bertz CT molecular complexity index is 1190. The van der Waals surface area contributed by atoms with Gasteiger partial charge in [-0.2, -0.15) is 4.31 Å². The molecule has 3 rings (SSSR count). The minimum Gasteiger partial charge on any atom is -0.495 e. The molecule has 1 amide bonds. The lowest BCUT2D eigenvalue weighted by atomic mass is 10.1. The first kappa shape index (κ1) is 23.7. The lowest BCUT2D eigenvalue weighted by molar-refractivity contribution is -0.116. The third-order valence-electron chi connectivity index (χ3n) is 4.82. The highest BCUT2D eigenvalue weighted by Gasteiger charge is 2.25. The zero-order valence-electron chi connectivity index (χ0n) is 18.4. The first-order chi connectivity index (χ1) is 15.3. The largest absolute Gasteiger partial charge is 0.495 e. The normalized spacial score (nSPS) is 11.4. The summed E-state index contributed by atoms with van der Waals surface area (Å²) in [7, 11) is -0.492. The van der Waals surface area contributed by atoms with Gasteiger partial charge in [0.25, 0.3) is 0 Å². The van der Waals surface area contributed by atoms with Gasteiger partial charge in [-0.25, -0.2) is 13.4 Å². The van der Waals surface area contributed by atoms with Crippen molar-refractivity contribution in [3.8, 4) is 17.0 Å². The van der Waals surface area contributed by atoms with Gasteiger partial charge in [0.15, 0.2) is 5.13 Å². The Balaban J connectivity index is 1.80. The number of nitrogens with one attached hydrogen (secondary N) is 2. The topological polar surface area (TPSA) is 101 Å². The third-order valence-corrected chi connectivity index (χ3v) is 7.61. The molecule has 0 aliphatic carbocycles. The van der Waals surface area contributed by atoms with Crippen LogP contribution in [0.25, 0.3) is 11.3 Å². The number of aromatic nitrogens is 1. The monoisotopic (exact) mass is 474 g/mol. The van der Waals surface area contributed by atoms with Crippen LogP contribution in [0.1, 0.15) is 12.5 Å². The van der Waals surface area contributed by atoms with E-state index in [2.05, 4.69) is 15.6 Å². The molecule has 0 aliphatic rings. The van der Waals surface area contributed by atoms with Crippen LogP contribution in [0.15, 0.2) is 52.7 Å². The first-order valence-electron chi connectivity index (χ1n) is 9.96. The van der Waals surface area contributed by atoms with Gasteiger partial charge in [0.2, 0.25) is 15.9 Å². The van der Waals surface area contributed by atoms with Crippen LogP contribution in [0.4, 0.5) is 10.8 Å². The molecule has 10 heteroatoms. The fourth-order valence-corrected chi connectivity index (χ4v) is 5.15. The van der Waals surface area contributed by atoms with Crippen molar-refractivity contribution in [2.45, 2.75) is 18.7 Å². The summed E-state index contributed by atoms with van der Waals surface area (Å²) in [6.45, 7) is 3.42. The molecular formula is C22H26N4O4S2. The number of carbonyl (C=O) groups is 1. The number of sulfonamides is 1. The van der Waals surface area contributed by atoms with Crippen LogP contribution in [0.2, 0.25) is 0 Å². The van der Waals surface area contributed by atoms with Crippen LogP contribution in [-0.4, -0.2) is 50.9 Å². The van der Waals surface area contributed by atoms with Crippen molar-refractivity contribution in [3.05, 3.63) is 53.4 Å². The van der Waals surface area contributed by atoms with Gasteiger partial charge in [0.1, 0.15) is 5.75 Å². The van der Waals surface area contributed by atoms with Crippen molar-refractivity contribution in [2.24, 2.45) is 0 Å². The summed E-state index contributed by atoms with van der Waals surface area (Å²) in [5, 5.41) is 8.46. The number of nitrogens with zero attached hydrogens (tertiary/aromatic N) is 2. The first-order valence-corrected chi connectivity index (χ1v) is 12.3. The molecule has 0 spiro atoms. The van der Waals surface area contributed by atoms with Gasteiger partial charge >= 0.3 is 0 Å². The Kier molecular flexibility index (Phi) is 7.49. The molecular weight excluding hydrogens is 448 g/mol. The smallest absolute Gasteiger partial charge is 0.243 e. The van der Waals surface area contributed by atoms with Gasteiger partial charge in [-0.3, -0.25) is 4.79 Å². The average molecular weight is 475 g/mol. The number of methoxy groups -OCH3 is 1. The molecule has 0 unspecified atom stereocenters. The molecule has 0 saturated carbocycles. The van der Waals surface area contributed by atoms with Crippen molar-refractivity contribution in [1.29, 1.82) is 0 Å². The van der Waals surface area contributed by atoms with E-state index in [4.69, 9.17) is 4.74 Å². The molecule has 0 fully saturated rings. The molecule has 8 nitrogen and oxygen atoms in total. The van der Waals surface area contributed by atoms with Crippen molar-refractivity contribution in [1.82, 2.24) is 9.29 Å². The lowest BCUT2D eigenvalue weighted by Gasteiger charge is -2.20. The van der Waals surface area contributed by atoms with Crippen molar-refractivity contribution in [3.63, 3.8) is 0 Å². The summed E-state index contributed by atoms with van der Waals surface area (Å²) in [6.07, 6.45) is 0. The molecule has 0 aliphatic heterocycles. The average Bonchev–Trinajstić information content (AvgIpc) is 3.27. The predicted octanol–water partition coefficient (Wildman–Crippen LogP) is 3.82. The second kappa shape index (κ2) is 10.1. The Labute approximate surface area is 192 Å². The number of thiazole rings is 1. The maximum atomic E-state index is 13.0. The molecule has 0 saturated heterocycles. The van der Waals surface area contributed by atoms with Crippen molar-refractivity contribution < 1.29 is 17.9 Å².